The van der Waals surface area contributed by atoms with Crippen LogP contribution in [-0.4, -0.2) is 72.4 Å². The Bertz CT molecular complexity index is 1120. The van der Waals surface area contributed by atoms with Gasteiger partial charge in [-0.1, -0.05) is 17.7 Å². The zero-order chi connectivity index (χ0) is 27.2. The highest BCUT2D eigenvalue weighted by Crippen LogP contribution is 2.36. The van der Waals surface area contributed by atoms with Gasteiger partial charge in [0.25, 0.3) is 5.91 Å². The summed E-state index contributed by atoms with van der Waals surface area (Å²) in [6, 6.07) is 13.1. The largest absolute Gasteiger partial charge is 0.490 e. The number of aliphatic carboxylic acids is 1. The van der Waals surface area contributed by atoms with Crippen molar-refractivity contribution in [2.24, 2.45) is 0 Å². The third-order valence-electron chi connectivity index (χ3n) is 6.20. The molecular weight excluding hydrogens is 520 g/mol. The van der Waals surface area contributed by atoms with Crippen LogP contribution in [0.5, 0.6) is 0 Å². The first kappa shape index (κ1) is 28.2. The van der Waals surface area contributed by atoms with Crippen LogP contribution in [0.4, 0.5) is 23.2 Å². The lowest BCUT2D eigenvalue weighted by Gasteiger charge is -2.43. The average Bonchev–Trinajstić information content (AvgIpc) is 3.16. The van der Waals surface area contributed by atoms with E-state index in [1.165, 1.54) is 24.3 Å². The summed E-state index contributed by atoms with van der Waals surface area (Å²) >= 11 is 6.15. The number of hydrogen-bond acceptors (Lipinski definition) is 5. The fourth-order valence-electron chi connectivity index (χ4n) is 4.25. The molecule has 0 unspecified atom stereocenters. The predicted molar refractivity (Wildman–Crippen MR) is 128 cm³/mol. The van der Waals surface area contributed by atoms with Crippen molar-refractivity contribution in [3.05, 3.63) is 64.9 Å². The number of halogens is 5. The van der Waals surface area contributed by atoms with Gasteiger partial charge < -0.3 is 25.5 Å². The van der Waals surface area contributed by atoms with Gasteiger partial charge in [0.15, 0.2) is 0 Å². The molecule has 2 aliphatic rings. The monoisotopic (exact) mass is 544 g/mol. The van der Waals surface area contributed by atoms with Gasteiger partial charge in [-0.05, 0) is 55.3 Å². The van der Waals surface area contributed by atoms with E-state index in [1.54, 1.807) is 0 Å². The van der Waals surface area contributed by atoms with Gasteiger partial charge in [0.2, 0.25) is 5.91 Å². The van der Waals surface area contributed by atoms with E-state index in [4.69, 9.17) is 21.5 Å². The van der Waals surface area contributed by atoms with Crippen LogP contribution in [0.15, 0.2) is 48.5 Å². The van der Waals surface area contributed by atoms with Gasteiger partial charge >= 0.3 is 12.1 Å². The average molecular weight is 545 g/mol. The number of nitrogens with one attached hydrogen (secondary N) is 2. The number of carboxylic acid groups (broad SMARTS) is 1. The number of carboxylic acids is 1. The van der Waals surface area contributed by atoms with Crippen LogP contribution in [0, 0.1) is 5.82 Å². The molecule has 0 atom stereocenters. The van der Waals surface area contributed by atoms with E-state index in [0.717, 1.165) is 18.8 Å². The van der Waals surface area contributed by atoms with E-state index in [0.29, 0.717) is 43.2 Å². The van der Waals surface area contributed by atoms with Crippen LogP contribution in [-0.2, 0) is 9.59 Å². The second kappa shape index (κ2) is 11.8. The molecule has 200 valence electrons. The van der Waals surface area contributed by atoms with E-state index >= 15 is 0 Å². The lowest BCUT2D eigenvalue weighted by Crippen LogP contribution is -2.57. The smallest absolute Gasteiger partial charge is 0.475 e. The van der Waals surface area contributed by atoms with Crippen LogP contribution < -0.4 is 15.5 Å². The molecule has 2 aliphatic heterocycles. The summed E-state index contributed by atoms with van der Waals surface area (Å²) in [6.45, 7) is 3.19. The van der Waals surface area contributed by atoms with Crippen molar-refractivity contribution in [3.63, 3.8) is 0 Å². The summed E-state index contributed by atoms with van der Waals surface area (Å²) in [5.41, 5.74) is 0.827. The van der Waals surface area contributed by atoms with E-state index in [9.17, 15) is 27.2 Å². The lowest BCUT2D eigenvalue weighted by molar-refractivity contribution is -0.192. The van der Waals surface area contributed by atoms with E-state index < -0.39 is 17.7 Å². The number of piperidine rings is 1. The maximum absolute atomic E-state index is 13.0. The number of likely N-dealkylation sites (tertiary alicyclic amines) is 1. The zero-order valence-corrected chi connectivity index (χ0v) is 20.3. The molecule has 0 radical (unpaired) electrons. The minimum atomic E-state index is -5.08. The standard InChI is InChI=1S/C22H24ClFN4O2.C2HF3O2/c23-17-2-1-3-19(14-17)28-15-26-21(30)22(28)8-11-27(12-9-22)13-10-25-20(29)16-4-6-18(24)7-5-16;3-2(4,5)1(6)7/h1-7,14H,8-13,15H2,(H,25,29)(H,26,30);(H,6,7). The van der Waals surface area contributed by atoms with Crippen molar-refractivity contribution in [2.75, 3.05) is 37.7 Å². The molecule has 8 nitrogen and oxygen atoms in total. The molecule has 13 heteroatoms. The molecule has 2 amide bonds. The Balaban J connectivity index is 0.000000479. The van der Waals surface area contributed by atoms with Gasteiger partial charge in [-0.2, -0.15) is 13.2 Å². The minimum absolute atomic E-state index is 0.0618. The maximum Gasteiger partial charge on any atom is 0.490 e. The topological polar surface area (TPSA) is 102 Å². The Morgan fingerprint density at radius 2 is 1.73 bits per heavy atom. The maximum atomic E-state index is 13.0. The Morgan fingerprint density at radius 1 is 1.11 bits per heavy atom. The zero-order valence-electron chi connectivity index (χ0n) is 19.5. The summed E-state index contributed by atoms with van der Waals surface area (Å²) in [7, 11) is 0. The highest BCUT2D eigenvalue weighted by atomic mass is 35.5. The minimum Gasteiger partial charge on any atom is -0.475 e. The van der Waals surface area contributed by atoms with E-state index in [2.05, 4.69) is 20.4 Å². The van der Waals surface area contributed by atoms with Crippen LogP contribution in [0.3, 0.4) is 0 Å². The molecule has 2 heterocycles. The number of anilines is 1. The van der Waals surface area contributed by atoms with Gasteiger partial charge in [-0.3, -0.25) is 9.59 Å². The number of alkyl halides is 3. The number of hydrogen-bond donors (Lipinski definition) is 3. The summed E-state index contributed by atoms with van der Waals surface area (Å²) in [4.78, 5) is 38.1. The van der Waals surface area contributed by atoms with Crippen molar-refractivity contribution >= 4 is 35.1 Å². The fraction of sp³-hybridized carbons (Fsp3) is 0.375. The summed E-state index contributed by atoms with van der Waals surface area (Å²) in [5.74, 6) is -3.28. The highest BCUT2D eigenvalue weighted by Gasteiger charge is 2.50. The van der Waals surface area contributed by atoms with Crippen molar-refractivity contribution in [1.29, 1.82) is 0 Å². The van der Waals surface area contributed by atoms with Crippen molar-refractivity contribution in [3.8, 4) is 0 Å². The summed E-state index contributed by atoms with van der Waals surface area (Å²) in [6.07, 6.45) is -3.67. The first-order valence-corrected chi connectivity index (χ1v) is 11.7. The number of benzene rings is 2. The Morgan fingerprint density at radius 3 is 2.30 bits per heavy atom. The molecule has 2 aromatic carbocycles. The van der Waals surface area contributed by atoms with Crippen molar-refractivity contribution in [2.45, 2.75) is 24.6 Å². The van der Waals surface area contributed by atoms with Crippen molar-refractivity contribution in [1.82, 2.24) is 15.5 Å². The number of rotatable bonds is 5. The number of nitrogens with zero attached hydrogens (tertiary/aromatic N) is 2. The molecule has 4 rings (SSSR count). The first-order valence-electron chi connectivity index (χ1n) is 11.3. The summed E-state index contributed by atoms with van der Waals surface area (Å²) in [5, 5.41) is 13.6. The Kier molecular flexibility index (Phi) is 8.98. The Labute approximate surface area is 215 Å². The fourth-order valence-corrected chi connectivity index (χ4v) is 4.43. The molecule has 0 saturated carbocycles. The molecule has 0 bridgehead atoms. The normalized spacial score (nSPS) is 17.1. The van der Waals surface area contributed by atoms with Crippen LogP contribution in [0.2, 0.25) is 5.02 Å². The first-order chi connectivity index (χ1) is 17.4. The third kappa shape index (κ3) is 7.10. The second-order valence-corrected chi connectivity index (χ2v) is 8.95. The Hall–Kier alpha value is -3.38. The molecule has 2 aromatic rings. The number of carbonyl (C=O) groups is 3. The second-order valence-electron chi connectivity index (χ2n) is 8.51. The van der Waals surface area contributed by atoms with Gasteiger partial charge in [-0.15, -0.1) is 0 Å². The van der Waals surface area contributed by atoms with Gasteiger partial charge in [0.1, 0.15) is 11.4 Å². The van der Waals surface area contributed by atoms with Crippen LogP contribution in [0.1, 0.15) is 23.2 Å². The molecule has 3 N–H and O–H groups in total. The van der Waals surface area contributed by atoms with E-state index in [1.807, 2.05) is 24.3 Å². The predicted octanol–water partition coefficient (Wildman–Crippen LogP) is 3.27. The van der Waals surface area contributed by atoms with Crippen LogP contribution in [0.25, 0.3) is 0 Å². The van der Waals surface area contributed by atoms with Gasteiger partial charge in [-0.25, -0.2) is 9.18 Å². The SMILES string of the molecule is O=C(NCCN1CCC2(CC1)C(=O)NCN2c1cccc(Cl)c1)c1ccc(F)cc1.O=C(O)C(F)(F)F. The lowest BCUT2D eigenvalue weighted by atomic mass is 9.85. The number of carbonyl (C=O) groups excluding carboxylic acids is 2. The van der Waals surface area contributed by atoms with Gasteiger partial charge in [0.05, 0.1) is 6.67 Å². The summed E-state index contributed by atoms with van der Waals surface area (Å²) < 4.78 is 44.7. The van der Waals surface area contributed by atoms with E-state index in [-0.39, 0.29) is 17.6 Å². The molecular formula is C24H25ClF4N4O4. The molecule has 1 spiro atoms. The molecule has 0 aliphatic carbocycles. The van der Waals surface area contributed by atoms with Crippen LogP contribution >= 0.6 is 11.6 Å². The highest BCUT2D eigenvalue weighted by molar-refractivity contribution is 6.30. The van der Waals surface area contributed by atoms with Crippen molar-refractivity contribution < 1.29 is 37.1 Å². The van der Waals surface area contributed by atoms with Gasteiger partial charge in [0, 0.05) is 42.5 Å². The quantitative estimate of drug-likeness (QED) is 0.500. The molecule has 37 heavy (non-hydrogen) atoms. The third-order valence-corrected chi connectivity index (χ3v) is 6.44. The molecule has 2 saturated heterocycles. The molecule has 2 fully saturated rings. The number of amides is 2. The molecule has 0 aromatic heterocycles.